The molecular weight excluding hydrogens is 273 g/mol. The molecular formula is C11H19Li2O6P. The van der Waals surface area contributed by atoms with Crippen molar-refractivity contribution in [1.29, 1.82) is 0 Å². The number of allylic oxidation sites excluding steroid dienone is 2. The summed E-state index contributed by atoms with van der Waals surface area (Å²) in [6.07, 6.45) is 0.740. The van der Waals surface area contributed by atoms with Gasteiger partial charge in [-0.2, -0.15) is 0 Å². The third kappa shape index (κ3) is 8.50. The normalized spacial score (nSPS) is 12.9. The van der Waals surface area contributed by atoms with Crippen LogP contribution in [0.15, 0.2) is 23.1 Å². The molecule has 0 saturated carbocycles. The third-order valence-corrected chi connectivity index (χ3v) is 4.14. The van der Waals surface area contributed by atoms with Gasteiger partial charge in [-0.15, -0.1) is 0 Å². The summed E-state index contributed by atoms with van der Waals surface area (Å²) < 4.78 is 26.8. The van der Waals surface area contributed by atoms with Crippen molar-refractivity contribution in [3.05, 3.63) is 23.1 Å². The summed E-state index contributed by atoms with van der Waals surface area (Å²) >= 11 is 0. The molecule has 9 heteroatoms. The molecule has 0 heterocycles. The predicted molar refractivity (Wildman–Crippen MR) is 63.3 cm³/mol. The van der Waals surface area contributed by atoms with Crippen molar-refractivity contribution in [3.63, 3.8) is 0 Å². The van der Waals surface area contributed by atoms with E-state index in [9.17, 15) is 14.8 Å². The second-order valence-corrected chi connectivity index (χ2v) is 5.36. The van der Waals surface area contributed by atoms with Crippen molar-refractivity contribution < 1.29 is 66.3 Å². The molecule has 106 valence electrons. The SMILES string of the molecule is CCO/C([O-])=C/C([O-])=C(\C)P(=O)(OCC)OCC.[Li+].[Li+]. The molecule has 0 fully saturated rings. The number of rotatable bonds is 8. The van der Waals surface area contributed by atoms with Gasteiger partial charge in [-0.3, -0.25) is 4.57 Å². The van der Waals surface area contributed by atoms with E-state index >= 15 is 0 Å². The largest absolute Gasteiger partial charge is 1.00 e. The average Bonchev–Trinajstić information content (AvgIpc) is 2.28. The first-order valence-electron chi connectivity index (χ1n) is 5.70. The van der Waals surface area contributed by atoms with E-state index in [2.05, 4.69) is 4.74 Å². The third-order valence-electron chi connectivity index (χ3n) is 1.90. The van der Waals surface area contributed by atoms with Gasteiger partial charge in [0, 0.05) is 5.31 Å². The minimum Gasteiger partial charge on any atom is -0.872 e. The van der Waals surface area contributed by atoms with E-state index < -0.39 is 19.3 Å². The van der Waals surface area contributed by atoms with Crippen LogP contribution in [0.3, 0.4) is 0 Å². The molecule has 6 nitrogen and oxygen atoms in total. The second kappa shape index (κ2) is 12.9. The number of hydrogen-bond donors (Lipinski definition) is 0. The van der Waals surface area contributed by atoms with Crippen molar-refractivity contribution >= 4 is 7.60 Å². The van der Waals surface area contributed by atoms with Gasteiger partial charge in [-0.05, 0) is 33.5 Å². The van der Waals surface area contributed by atoms with Crippen molar-refractivity contribution in [3.8, 4) is 0 Å². The van der Waals surface area contributed by atoms with Crippen molar-refractivity contribution in [1.82, 2.24) is 0 Å². The van der Waals surface area contributed by atoms with E-state index in [4.69, 9.17) is 9.05 Å². The van der Waals surface area contributed by atoms with Crippen LogP contribution < -0.4 is 47.9 Å². The van der Waals surface area contributed by atoms with Crippen molar-refractivity contribution in [2.24, 2.45) is 0 Å². The van der Waals surface area contributed by atoms with Crippen LogP contribution in [0.4, 0.5) is 0 Å². The van der Waals surface area contributed by atoms with E-state index in [1.54, 1.807) is 20.8 Å². The zero-order valence-electron chi connectivity index (χ0n) is 13.1. The molecule has 0 amide bonds. The smallest absolute Gasteiger partial charge is 0.872 e. The standard InChI is InChI=1S/C11H21O6P.2Li/c1-5-15-11(13)8-10(12)9(4)18(14,16-6-2)17-7-3;;/h8,12-13H,5-7H2,1-4H3;;/q;2*+1/p-2/b10-9-,11-8+;;. The maximum absolute atomic E-state index is 12.2. The van der Waals surface area contributed by atoms with Crippen LogP contribution in [0.25, 0.3) is 0 Å². The number of ether oxygens (including phenoxy) is 1. The molecule has 0 bridgehead atoms. The van der Waals surface area contributed by atoms with Crippen LogP contribution in [0.2, 0.25) is 0 Å². The first-order valence-corrected chi connectivity index (χ1v) is 7.24. The molecule has 0 aliphatic carbocycles. The summed E-state index contributed by atoms with van der Waals surface area (Å²) in [7, 11) is -3.61. The van der Waals surface area contributed by atoms with E-state index in [1.165, 1.54) is 6.92 Å². The van der Waals surface area contributed by atoms with Gasteiger partial charge in [0.15, 0.2) is 0 Å². The Morgan fingerprint density at radius 2 is 1.50 bits per heavy atom. The zero-order chi connectivity index (χ0) is 14.2. The monoisotopic (exact) mass is 292 g/mol. The van der Waals surface area contributed by atoms with Crippen LogP contribution in [-0.4, -0.2) is 19.8 Å². The van der Waals surface area contributed by atoms with E-state index in [0.717, 1.165) is 6.08 Å². The molecule has 0 saturated heterocycles. The molecule has 0 aromatic heterocycles. The van der Waals surface area contributed by atoms with Gasteiger partial charge < -0.3 is 24.0 Å². The van der Waals surface area contributed by atoms with Crippen LogP contribution in [0.1, 0.15) is 27.7 Å². The van der Waals surface area contributed by atoms with Crippen LogP contribution in [0, 0.1) is 0 Å². The molecule has 0 spiro atoms. The fourth-order valence-corrected chi connectivity index (χ4v) is 2.58. The van der Waals surface area contributed by atoms with Gasteiger partial charge in [0.05, 0.1) is 19.2 Å². The minimum atomic E-state index is -3.61. The molecule has 0 unspecified atom stereocenters. The van der Waals surface area contributed by atoms with Crippen LogP contribution >= 0.6 is 7.60 Å². The van der Waals surface area contributed by atoms with E-state index in [1.807, 2.05) is 0 Å². The maximum Gasteiger partial charge on any atom is 1.00 e. The molecule has 0 radical (unpaired) electrons. The Morgan fingerprint density at radius 1 is 1.05 bits per heavy atom. The fraction of sp³-hybridized carbons (Fsp3) is 0.636. The summed E-state index contributed by atoms with van der Waals surface area (Å²) in [5.41, 5.74) is 0. The average molecular weight is 292 g/mol. The van der Waals surface area contributed by atoms with Crippen molar-refractivity contribution in [2.45, 2.75) is 27.7 Å². The molecule has 0 rings (SSSR count). The number of hydrogen-bond acceptors (Lipinski definition) is 6. The molecule has 20 heavy (non-hydrogen) atoms. The van der Waals surface area contributed by atoms with Gasteiger partial charge >= 0.3 is 45.3 Å². The summed E-state index contributed by atoms with van der Waals surface area (Å²) in [4.78, 5) is 0. The Balaban J connectivity index is -0.00000144. The fourth-order valence-electron chi connectivity index (χ4n) is 1.10. The summed E-state index contributed by atoms with van der Waals surface area (Å²) in [6, 6.07) is 0. The Bertz CT molecular complexity index is 360. The molecule has 0 aliphatic rings. The van der Waals surface area contributed by atoms with Gasteiger partial charge in [-0.25, -0.2) is 0 Å². The van der Waals surface area contributed by atoms with Gasteiger partial charge in [0.2, 0.25) is 0 Å². The van der Waals surface area contributed by atoms with Crippen LogP contribution in [-0.2, 0) is 18.3 Å². The molecule has 0 aromatic carbocycles. The quantitative estimate of drug-likeness (QED) is 0.193. The van der Waals surface area contributed by atoms with Gasteiger partial charge in [-0.1, -0.05) is 12.7 Å². The summed E-state index contributed by atoms with van der Waals surface area (Å²) in [5.74, 6) is -1.49. The van der Waals surface area contributed by atoms with Crippen LogP contribution in [0.5, 0.6) is 0 Å². The van der Waals surface area contributed by atoms with Gasteiger partial charge in [0.1, 0.15) is 0 Å². The van der Waals surface area contributed by atoms with Crippen molar-refractivity contribution in [2.75, 3.05) is 19.8 Å². The summed E-state index contributed by atoms with van der Waals surface area (Å²) in [5, 5.41) is 22.7. The topological polar surface area (TPSA) is 90.9 Å². The van der Waals surface area contributed by atoms with Gasteiger partial charge in [0.25, 0.3) is 0 Å². The zero-order valence-corrected chi connectivity index (χ0v) is 14.0. The Labute approximate surface area is 144 Å². The van der Waals surface area contributed by atoms with E-state index in [-0.39, 0.29) is 62.9 Å². The Kier molecular flexibility index (Phi) is 16.3. The second-order valence-electron chi connectivity index (χ2n) is 3.18. The Hall–Kier alpha value is 0.225. The first-order chi connectivity index (χ1) is 8.41. The first kappa shape index (κ1) is 25.2. The molecule has 0 aromatic rings. The summed E-state index contributed by atoms with van der Waals surface area (Å²) in [6.45, 7) is 6.66. The molecule has 0 N–H and O–H groups in total. The minimum absolute atomic E-state index is 0. The van der Waals surface area contributed by atoms with E-state index in [0.29, 0.717) is 0 Å². The predicted octanol–water partition coefficient (Wildman–Crippen LogP) is -4.91. The molecule has 0 atom stereocenters. The maximum atomic E-state index is 12.2. The molecule has 0 aliphatic heterocycles. The Morgan fingerprint density at radius 3 is 1.85 bits per heavy atom.